The van der Waals surface area contributed by atoms with Gasteiger partial charge in [-0.3, -0.25) is 0 Å². The highest BCUT2D eigenvalue weighted by Crippen LogP contribution is 2.27. The molecule has 5 heteroatoms. The number of hydrogen-bond donors (Lipinski definition) is 1. The van der Waals surface area contributed by atoms with Crippen LogP contribution in [0.25, 0.3) is 0 Å². The zero-order chi connectivity index (χ0) is 13.5. The minimum atomic E-state index is 0.382. The fourth-order valence-corrected chi connectivity index (χ4v) is 2.82. The van der Waals surface area contributed by atoms with Gasteiger partial charge in [0, 0.05) is 24.2 Å². The van der Waals surface area contributed by atoms with Crippen LogP contribution in [0.3, 0.4) is 0 Å². The summed E-state index contributed by atoms with van der Waals surface area (Å²) in [6.07, 6.45) is 7.56. The largest absolute Gasteiger partial charge is 0.478 e. The molecule has 4 nitrogen and oxygen atoms in total. The Hall–Kier alpha value is -1.03. The summed E-state index contributed by atoms with van der Waals surface area (Å²) in [6.45, 7) is 2.76. The van der Waals surface area contributed by atoms with E-state index in [1.165, 1.54) is 19.3 Å². The summed E-state index contributed by atoms with van der Waals surface area (Å²) in [4.78, 5) is 8.65. The van der Waals surface area contributed by atoms with E-state index in [2.05, 4.69) is 22.2 Å². The third-order valence-corrected chi connectivity index (χ3v) is 3.90. The average molecular weight is 284 g/mol. The van der Waals surface area contributed by atoms with Crippen molar-refractivity contribution < 1.29 is 4.74 Å². The number of alkyl halides is 1. The highest BCUT2D eigenvalue weighted by molar-refractivity contribution is 6.18. The minimum absolute atomic E-state index is 0.382. The van der Waals surface area contributed by atoms with E-state index in [0.29, 0.717) is 36.3 Å². The summed E-state index contributed by atoms with van der Waals surface area (Å²) in [5.74, 6) is 2.50. The van der Waals surface area contributed by atoms with E-state index in [0.717, 1.165) is 12.8 Å². The predicted molar refractivity (Wildman–Crippen MR) is 77.9 cm³/mol. The van der Waals surface area contributed by atoms with Crippen molar-refractivity contribution in [3.63, 3.8) is 0 Å². The second-order valence-corrected chi connectivity index (χ2v) is 5.33. The van der Waals surface area contributed by atoms with Crippen molar-refractivity contribution in [2.45, 2.75) is 45.1 Å². The van der Waals surface area contributed by atoms with Gasteiger partial charge in [0.2, 0.25) is 11.8 Å². The smallest absolute Gasteiger partial charge is 0.226 e. The summed E-state index contributed by atoms with van der Waals surface area (Å²) in [6, 6.07) is 2.17. The van der Waals surface area contributed by atoms with Crippen LogP contribution in [0.4, 0.5) is 5.95 Å². The molecule has 2 unspecified atom stereocenters. The Morgan fingerprint density at radius 3 is 3.05 bits per heavy atom. The number of aromatic nitrogens is 2. The molecule has 1 aliphatic rings. The third-order valence-electron chi connectivity index (χ3n) is 3.51. The summed E-state index contributed by atoms with van der Waals surface area (Å²) in [7, 11) is 0. The lowest BCUT2D eigenvalue weighted by molar-refractivity contribution is 0.304. The van der Waals surface area contributed by atoms with Gasteiger partial charge < -0.3 is 10.1 Å². The number of nitrogens with one attached hydrogen (secondary N) is 1. The van der Waals surface area contributed by atoms with Crippen LogP contribution in [0.15, 0.2) is 12.3 Å². The second-order valence-electron chi connectivity index (χ2n) is 5.02. The van der Waals surface area contributed by atoms with Crippen LogP contribution in [-0.2, 0) is 0 Å². The predicted octanol–water partition coefficient (Wildman–Crippen LogP) is 3.47. The molecule has 2 rings (SSSR count). The molecular weight excluding hydrogens is 262 g/mol. The molecule has 106 valence electrons. The van der Waals surface area contributed by atoms with E-state index < -0.39 is 0 Å². The fourth-order valence-electron chi connectivity index (χ4n) is 2.45. The molecule has 1 heterocycles. The van der Waals surface area contributed by atoms with Crippen molar-refractivity contribution in [1.82, 2.24) is 9.97 Å². The van der Waals surface area contributed by atoms with E-state index in [1.54, 1.807) is 12.3 Å². The molecule has 0 aliphatic heterocycles. The van der Waals surface area contributed by atoms with Gasteiger partial charge in [-0.2, -0.15) is 4.98 Å². The van der Waals surface area contributed by atoms with E-state index in [-0.39, 0.29) is 0 Å². The first kappa shape index (κ1) is 14.4. The maximum absolute atomic E-state index is 6.04. The molecule has 0 spiro atoms. The standard InChI is InChI=1S/C14H22ClN3O/c1-2-9-19-13-7-8-16-14(18-13)17-12-6-4-3-5-11(12)10-15/h7-8,11-12H,2-6,9-10H2,1H3,(H,16,17,18). The summed E-state index contributed by atoms with van der Waals surface area (Å²) >= 11 is 6.04. The molecule has 1 aliphatic carbocycles. The highest BCUT2D eigenvalue weighted by Gasteiger charge is 2.24. The van der Waals surface area contributed by atoms with Gasteiger partial charge in [0.15, 0.2) is 0 Å². The Bertz CT molecular complexity index is 389. The van der Waals surface area contributed by atoms with E-state index in [9.17, 15) is 0 Å². The van der Waals surface area contributed by atoms with Crippen molar-refractivity contribution in [2.24, 2.45) is 5.92 Å². The van der Waals surface area contributed by atoms with E-state index in [4.69, 9.17) is 16.3 Å². The molecule has 1 aromatic rings. The lowest BCUT2D eigenvalue weighted by Gasteiger charge is -2.30. The van der Waals surface area contributed by atoms with Crippen LogP contribution < -0.4 is 10.1 Å². The summed E-state index contributed by atoms with van der Waals surface area (Å²) in [5, 5.41) is 3.41. The zero-order valence-corrected chi connectivity index (χ0v) is 12.2. The number of nitrogens with zero attached hydrogens (tertiary/aromatic N) is 2. The number of rotatable bonds is 6. The van der Waals surface area contributed by atoms with Gasteiger partial charge in [-0.15, -0.1) is 11.6 Å². The van der Waals surface area contributed by atoms with Crippen molar-refractivity contribution in [3.05, 3.63) is 12.3 Å². The Morgan fingerprint density at radius 1 is 1.42 bits per heavy atom. The summed E-state index contributed by atoms with van der Waals surface area (Å²) < 4.78 is 5.52. The minimum Gasteiger partial charge on any atom is -0.478 e. The van der Waals surface area contributed by atoms with Gasteiger partial charge in [-0.25, -0.2) is 4.98 Å². The maximum atomic E-state index is 6.04. The van der Waals surface area contributed by atoms with Crippen molar-refractivity contribution in [3.8, 4) is 5.88 Å². The van der Waals surface area contributed by atoms with Gasteiger partial charge in [-0.1, -0.05) is 19.8 Å². The first-order valence-electron chi connectivity index (χ1n) is 7.11. The van der Waals surface area contributed by atoms with Crippen molar-refractivity contribution >= 4 is 17.5 Å². The van der Waals surface area contributed by atoms with E-state index >= 15 is 0 Å². The molecular formula is C14H22ClN3O. The second kappa shape index (κ2) is 7.53. The van der Waals surface area contributed by atoms with Gasteiger partial charge in [-0.05, 0) is 25.2 Å². The van der Waals surface area contributed by atoms with Crippen LogP contribution in [0.5, 0.6) is 5.88 Å². The van der Waals surface area contributed by atoms with Crippen molar-refractivity contribution in [2.75, 3.05) is 17.8 Å². The Labute approximate surface area is 119 Å². The van der Waals surface area contributed by atoms with Gasteiger partial charge in [0.1, 0.15) is 0 Å². The first-order valence-corrected chi connectivity index (χ1v) is 7.65. The number of hydrogen-bond acceptors (Lipinski definition) is 4. The molecule has 1 saturated carbocycles. The van der Waals surface area contributed by atoms with Crippen LogP contribution in [-0.4, -0.2) is 28.5 Å². The SMILES string of the molecule is CCCOc1ccnc(NC2CCCCC2CCl)n1. The number of anilines is 1. The van der Waals surface area contributed by atoms with Crippen LogP contribution in [0, 0.1) is 5.92 Å². The topological polar surface area (TPSA) is 47.0 Å². The number of halogens is 1. The molecule has 0 saturated heterocycles. The van der Waals surface area contributed by atoms with Gasteiger partial charge in [0.05, 0.1) is 6.61 Å². The quantitative estimate of drug-likeness (QED) is 0.812. The lowest BCUT2D eigenvalue weighted by Crippen LogP contribution is -2.33. The van der Waals surface area contributed by atoms with Crippen LogP contribution in [0.2, 0.25) is 0 Å². The Morgan fingerprint density at radius 2 is 2.26 bits per heavy atom. The zero-order valence-electron chi connectivity index (χ0n) is 11.4. The van der Waals surface area contributed by atoms with E-state index in [1.807, 2.05) is 0 Å². The fraction of sp³-hybridized carbons (Fsp3) is 0.714. The lowest BCUT2D eigenvalue weighted by atomic mass is 9.86. The maximum Gasteiger partial charge on any atom is 0.226 e. The molecule has 0 aromatic carbocycles. The molecule has 1 fully saturated rings. The molecule has 0 radical (unpaired) electrons. The highest BCUT2D eigenvalue weighted by atomic mass is 35.5. The van der Waals surface area contributed by atoms with Crippen molar-refractivity contribution in [1.29, 1.82) is 0 Å². The molecule has 0 amide bonds. The molecule has 1 N–H and O–H groups in total. The van der Waals surface area contributed by atoms with Gasteiger partial charge >= 0.3 is 0 Å². The van der Waals surface area contributed by atoms with Crippen LogP contribution in [0.1, 0.15) is 39.0 Å². The van der Waals surface area contributed by atoms with Crippen LogP contribution >= 0.6 is 11.6 Å². The molecule has 19 heavy (non-hydrogen) atoms. The first-order chi connectivity index (χ1) is 9.33. The molecule has 2 atom stereocenters. The third kappa shape index (κ3) is 4.23. The molecule has 1 aromatic heterocycles. The van der Waals surface area contributed by atoms with Gasteiger partial charge in [0.25, 0.3) is 0 Å². The molecule has 0 bridgehead atoms. The average Bonchev–Trinajstić information content (AvgIpc) is 2.46. The summed E-state index contributed by atoms with van der Waals surface area (Å²) in [5.41, 5.74) is 0. The monoisotopic (exact) mass is 283 g/mol. The normalized spacial score (nSPS) is 23.1. The Kier molecular flexibility index (Phi) is 5.70. The number of ether oxygens (including phenoxy) is 1. The Balaban J connectivity index is 1.97.